The first-order valence-corrected chi connectivity index (χ1v) is 5.51. The molecule has 1 fully saturated rings. The lowest BCUT2D eigenvalue weighted by molar-refractivity contribution is -0.144. The van der Waals surface area contributed by atoms with Gasteiger partial charge in [0.05, 0.1) is 11.8 Å². The van der Waals surface area contributed by atoms with E-state index in [0.717, 1.165) is 12.8 Å². The fraction of sp³-hybridized carbons (Fsp3) is 0.545. The molecule has 1 aromatic heterocycles. The Morgan fingerprint density at radius 3 is 2.65 bits per heavy atom. The number of carboxylic acids is 1. The lowest BCUT2D eigenvalue weighted by Crippen LogP contribution is -2.54. The van der Waals surface area contributed by atoms with E-state index in [1.807, 2.05) is 0 Å². The number of nitrogens with zero attached hydrogens (tertiary/aromatic N) is 1. The molecule has 0 aliphatic heterocycles. The van der Waals surface area contributed by atoms with Gasteiger partial charge in [-0.25, -0.2) is 4.79 Å². The van der Waals surface area contributed by atoms with E-state index >= 15 is 0 Å². The quantitative estimate of drug-likeness (QED) is 0.718. The van der Waals surface area contributed by atoms with Gasteiger partial charge in [-0.2, -0.15) is 5.10 Å². The van der Waals surface area contributed by atoms with Crippen molar-refractivity contribution in [3.05, 3.63) is 17.5 Å². The fourth-order valence-corrected chi connectivity index (χ4v) is 1.87. The summed E-state index contributed by atoms with van der Waals surface area (Å²) in [4.78, 5) is 23.2. The molecule has 6 heteroatoms. The van der Waals surface area contributed by atoms with Crippen molar-refractivity contribution in [1.29, 1.82) is 0 Å². The van der Waals surface area contributed by atoms with E-state index in [-0.39, 0.29) is 5.92 Å². The summed E-state index contributed by atoms with van der Waals surface area (Å²) in [7, 11) is 0. The maximum absolute atomic E-state index is 11.9. The number of carbonyl (C=O) groups is 2. The van der Waals surface area contributed by atoms with Gasteiger partial charge in [-0.1, -0.05) is 0 Å². The van der Waals surface area contributed by atoms with Crippen LogP contribution in [0.15, 0.2) is 6.20 Å². The third kappa shape index (κ3) is 2.02. The molecule has 0 radical (unpaired) electrons. The smallest absolute Gasteiger partial charge is 0.329 e. The fourth-order valence-electron chi connectivity index (χ4n) is 1.87. The summed E-state index contributed by atoms with van der Waals surface area (Å²) in [6.45, 7) is 3.28. The van der Waals surface area contributed by atoms with E-state index in [4.69, 9.17) is 0 Å². The summed E-state index contributed by atoms with van der Waals surface area (Å²) in [5, 5.41) is 18.2. The van der Waals surface area contributed by atoms with E-state index in [2.05, 4.69) is 15.5 Å². The molecular formula is C11H15N3O3. The van der Waals surface area contributed by atoms with Crippen LogP contribution in [-0.4, -0.2) is 32.7 Å². The molecule has 1 heterocycles. The molecule has 0 saturated heterocycles. The molecular weight excluding hydrogens is 222 g/mol. The molecule has 0 spiro atoms. The zero-order valence-corrected chi connectivity index (χ0v) is 9.78. The van der Waals surface area contributed by atoms with E-state index in [1.54, 1.807) is 13.8 Å². The van der Waals surface area contributed by atoms with Gasteiger partial charge in [-0.15, -0.1) is 0 Å². The molecule has 2 rings (SSSR count). The van der Waals surface area contributed by atoms with Gasteiger partial charge in [0.15, 0.2) is 0 Å². The van der Waals surface area contributed by atoms with E-state index < -0.39 is 17.4 Å². The highest BCUT2D eigenvalue weighted by atomic mass is 16.4. The number of hydrogen-bond donors (Lipinski definition) is 3. The first-order valence-electron chi connectivity index (χ1n) is 5.51. The van der Waals surface area contributed by atoms with E-state index in [1.165, 1.54) is 6.20 Å². The minimum Gasteiger partial charge on any atom is -0.480 e. The molecule has 0 bridgehead atoms. The molecule has 92 valence electrons. The molecule has 1 saturated carbocycles. The van der Waals surface area contributed by atoms with Crippen LogP contribution in [0.5, 0.6) is 0 Å². The average Bonchev–Trinajstić information content (AvgIpc) is 3.01. The lowest BCUT2D eigenvalue weighted by Gasteiger charge is -2.25. The third-order valence-electron chi connectivity index (χ3n) is 3.29. The van der Waals surface area contributed by atoms with Crippen LogP contribution in [0, 0.1) is 12.8 Å². The van der Waals surface area contributed by atoms with Gasteiger partial charge in [0.1, 0.15) is 5.54 Å². The molecule has 0 aromatic carbocycles. The Hall–Kier alpha value is -1.85. The van der Waals surface area contributed by atoms with E-state index in [0.29, 0.717) is 11.3 Å². The van der Waals surface area contributed by atoms with Crippen LogP contribution in [0.3, 0.4) is 0 Å². The van der Waals surface area contributed by atoms with Crippen molar-refractivity contribution >= 4 is 11.9 Å². The topological polar surface area (TPSA) is 95.1 Å². The summed E-state index contributed by atoms with van der Waals surface area (Å²) in [5.41, 5.74) is -0.162. The van der Waals surface area contributed by atoms with Crippen molar-refractivity contribution in [2.75, 3.05) is 0 Å². The van der Waals surface area contributed by atoms with E-state index in [9.17, 15) is 14.7 Å². The van der Waals surface area contributed by atoms with Gasteiger partial charge < -0.3 is 10.4 Å². The Labute approximate surface area is 98.4 Å². The Bertz CT molecular complexity index is 464. The van der Waals surface area contributed by atoms with Crippen molar-refractivity contribution < 1.29 is 14.7 Å². The monoisotopic (exact) mass is 237 g/mol. The van der Waals surface area contributed by atoms with Crippen molar-refractivity contribution in [3.63, 3.8) is 0 Å². The highest BCUT2D eigenvalue weighted by molar-refractivity contribution is 5.98. The Kier molecular flexibility index (Phi) is 2.65. The molecule has 1 aliphatic carbocycles. The number of hydrogen-bond acceptors (Lipinski definition) is 3. The molecule has 1 aliphatic rings. The minimum absolute atomic E-state index is 0.0242. The van der Waals surface area contributed by atoms with Crippen LogP contribution in [0.4, 0.5) is 0 Å². The number of rotatable bonds is 4. The zero-order valence-electron chi connectivity index (χ0n) is 9.78. The SMILES string of the molecule is Cc1[nH]ncc1C(=O)NC(C)(C(=O)O)C1CC1. The predicted molar refractivity (Wildman–Crippen MR) is 59.6 cm³/mol. The van der Waals surface area contributed by atoms with Crippen LogP contribution in [-0.2, 0) is 4.79 Å². The maximum Gasteiger partial charge on any atom is 0.329 e. The van der Waals surface area contributed by atoms with Gasteiger partial charge >= 0.3 is 5.97 Å². The largest absolute Gasteiger partial charge is 0.480 e. The Morgan fingerprint density at radius 1 is 1.59 bits per heavy atom. The second-order valence-corrected chi connectivity index (χ2v) is 4.64. The standard InChI is InChI=1S/C11H15N3O3/c1-6-8(5-12-14-6)9(15)13-11(2,10(16)17)7-3-4-7/h5,7H,3-4H2,1-2H3,(H,12,14)(H,13,15)(H,16,17). The number of carbonyl (C=O) groups excluding carboxylic acids is 1. The third-order valence-corrected chi connectivity index (χ3v) is 3.29. The second-order valence-electron chi connectivity index (χ2n) is 4.64. The highest BCUT2D eigenvalue weighted by Gasteiger charge is 2.48. The van der Waals surface area contributed by atoms with Crippen LogP contribution in [0.1, 0.15) is 35.8 Å². The summed E-state index contributed by atoms with van der Waals surface area (Å²) < 4.78 is 0. The number of amides is 1. The summed E-state index contributed by atoms with van der Waals surface area (Å²) in [6, 6.07) is 0. The summed E-state index contributed by atoms with van der Waals surface area (Å²) in [6.07, 6.45) is 3.08. The highest BCUT2D eigenvalue weighted by Crippen LogP contribution is 2.39. The van der Waals surface area contributed by atoms with Gasteiger partial charge in [0.25, 0.3) is 5.91 Å². The van der Waals surface area contributed by atoms with Crippen molar-refractivity contribution in [2.45, 2.75) is 32.2 Å². The zero-order chi connectivity index (χ0) is 12.6. The van der Waals surface area contributed by atoms with Gasteiger partial charge in [-0.3, -0.25) is 9.89 Å². The number of carboxylic acid groups (broad SMARTS) is 1. The van der Waals surface area contributed by atoms with Crippen molar-refractivity contribution in [1.82, 2.24) is 15.5 Å². The predicted octanol–water partition coefficient (Wildman–Crippen LogP) is 0.701. The van der Waals surface area contributed by atoms with Crippen LogP contribution in [0.25, 0.3) is 0 Å². The molecule has 17 heavy (non-hydrogen) atoms. The average molecular weight is 237 g/mol. The molecule has 1 aromatic rings. The number of H-pyrrole nitrogens is 1. The number of nitrogens with one attached hydrogen (secondary N) is 2. The van der Waals surface area contributed by atoms with Crippen molar-refractivity contribution in [2.24, 2.45) is 5.92 Å². The minimum atomic E-state index is -1.18. The van der Waals surface area contributed by atoms with Crippen molar-refractivity contribution in [3.8, 4) is 0 Å². The Balaban J connectivity index is 2.17. The molecule has 1 amide bonds. The van der Waals surface area contributed by atoms with Gasteiger partial charge in [0, 0.05) is 5.69 Å². The molecule has 1 atom stereocenters. The summed E-state index contributed by atoms with van der Waals surface area (Å²) in [5.74, 6) is -1.36. The van der Waals surface area contributed by atoms with Gasteiger partial charge in [0.2, 0.25) is 0 Å². The molecule has 6 nitrogen and oxygen atoms in total. The maximum atomic E-state index is 11.9. The number of aryl methyl sites for hydroxylation is 1. The van der Waals surface area contributed by atoms with Crippen LogP contribution >= 0.6 is 0 Å². The number of aromatic amines is 1. The first-order chi connectivity index (χ1) is 7.95. The molecule has 3 N–H and O–H groups in total. The second kappa shape index (κ2) is 3.87. The first kappa shape index (κ1) is 11.6. The van der Waals surface area contributed by atoms with Crippen LogP contribution < -0.4 is 5.32 Å². The Morgan fingerprint density at radius 2 is 2.24 bits per heavy atom. The van der Waals surface area contributed by atoms with Gasteiger partial charge in [-0.05, 0) is 32.6 Å². The number of aromatic nitrogens is 2. The normalized spacial score (nSPS) is 18.5. The lowest BCUT2D eigenvalue weighted by atomic mass is 9.95. The number of aliphatic carboxylic acids is 1. The summed E-state index contributed by atoms with van der Waals surface area (Å²) >= 11 is 0. The molecule has 1 unspecified atom stereocenters. The van der Waals surface area contributed by atoms with Crippen LogP contribution in [0.2, 0.25) is 0 Å².